The van der Waals surface area contributed by atoms with E-state index in [1.165, 1.54) is 0 Å². The quantitative estimate of drug-likeness (QED) is 0.132. The molecule has 3 rings (SSSR count). The van der Waals surface area contributed by atoms with Gasteiger partial charge in [0.15, 0.2) is 12.4 Å². The molecule has 0 radical (unpaired) electrons. The monoisotopic (exact) mass is 520 g/mol. The molecule has 14 atom stereocenters. The maximum atomic E-state index is 10.6. The number of rotatable bonds is 8. The van der Waals surface area contributed by atoms with E-state index in [2.05, 4.69) is 0 Å². The average molecular weight is 520 g/mol. The van der Waals surface area contributed by atoms with Crippen LogP contribution in [0.3, 0.4) is 0 Å². The normalized spacial score (nSPS) is 53.1. The van der Waals surface area contributed by atoms with Gasteiger partial charge in [-0.3, -0.25) is 0 Å². The van der Waals surface area contributed by atoms with Crippen LogP contribution in [0.15, 0.2) is 0 Å². The van der Waals surface area contributed by atoms with Gasteiger partial charge in [-0.15, -0.1) is 0 Å². The summed E-state index contributed by atoms with van der Waals surface area (Å²) in [4.78, 5) is 0. The van der Waals surface area contributed by atoms with Crippen LogP contribution in [0.4, 0.5) is 0 Å². The summed E-state index contributed by atoms with van der Waals surface area (Å²) in [6.45, 7) is -3.76. The first kappa shape index (κ1) is 28.9. The van der Waals surface area contributed by atoms with Crippen molar-refractivity contribution in [3.8, 4) is 0 Å². The predicted octanol–water partition coefficient (Wildman–Crippen LogP) is -8.25. The van der Waals surface area contributed by atoms with Crippen LogP contribution in [-0.2, 0) is 23.7 Å². The lowest BCUT2D eigenvalue weighted by Crippen LogP contribution is -2.70. The zero-order valence-electron chi connectivity index (χ0n) is 18.2. The third-order valence-electron chi connectivity index (χ3n) is 6.28. The molecule has 12 N–H and O–H groups in total. The molecule has 0 aliphatic carbocycles. The van der Waals surface area contributed by atoms with Crippen molar-refractivity contribution in [3.05, 3.63) is 0 Å². The van der Waals surface area contributed by atoms with E-state index < -0.39 is 112 Å². The van der Waals surface area contributed by atoms with E-state index in [1.807, 2.05) is 0 Å². The van der Waals surface area contributed by atoms with Crippen LogP contribution in [0, 0.1) is 0 Å². The van der Waals surface area contributed by atoms with Crippen LogP contribution >= 0.6 is 0 Å². The topological polar surface area (TPSA) is 289 Å². The van der Waals surface area contributed by atoms with Gasteiger partial charge in [-0.1, -0.05) is 0 Å². The van der Waals surface area contributed by atoms with Gasteiger partial charge in [-0.2, -0.15) is 0 Å². The van der Waals surface area contributed by atoms with Crippen molar-refractivity contribution in [2.24, 2.45) is 0 Å². The van der Waals surface area contributed by atoms with E-state index in [0.29, 0.717) is 0 Å². The fourth-order valence-corrected chi connectivity index (χ4v) is 4.18. The first-order valence-electron chi connectivity index (χ1n) is 10.7. The third kappa shape index (κ3) is 5.07. The van der Waals surface area contributed by atoms with Gasteiger partial charge in [0.05, 0.1) is 19.8 Å². The highest BCUT2D eigenvalue weighted by molar-refractivity contribution is 5.00. The highest BCUT2D eigenvalue weighted by Gasteiger charge is 2.61. The largest absolute Gasteiger partial charge is 0.394 e. The zero-order valence-corrected chi connectivity index (χ0v) is 18.2. The summed E-state index contributed by atoms with van der Waals surface area (Å²) in [6.07, 6.45) is -22.6. The highest BCUT2D eigenvalue weighted by Crippen LogP contribution is 2.38. The van der Waals surface area contributed by atoms with Gasteiger partial charge < -0.3 is 85.0 Å². The van der Waals surface area contributed by atoms with E-state index in [1.54, 1.807) is 0 Å². The van der Waals surface area contributed by atoms with Gasteiger partial charge in [0.25, 0.3) is 0 Å². The Morgan fingerprint density at radius 1 is 0.600 bits per heavy atom. The Kier molecular flexibility index (Phi) is 9.06. The van der Waals surface area contributed by atoms with Crippen molar-refractivity contribution in [2.75, 3.05) is 26.4 Å². The van der Waals surface area contributed by atoms with Crippen molar-refractivity contribution in [3.63, 3.8) is 0 Å². The minimum absolute atomic E-state index is 0.772. The molecule has 0 spiro atoms. The molecule has 17 nitrogen and oxygen atoms in total. The van der Waals surface area contributed by atoms with Crippen molar-refractivity contribution in [1.29, 1.82) is 0 Å². The van der Waals surface area contributed by atoms with E-state index >= 15 is 0 Å². The molecule has 1 unspecified atom stereocenters. The Morgan fingerprint density at radius 2 is 1.17 bits per heavy atom. The number of aliphatic hydroxyl groups is 12. The summed E-state index contributed by atoms with van der Waals surface area (Å²) >= 11 is 0. The Morgan fingerprint density at radius 3 is 1.69 bits per heavy atom. The maximum absolute atomic E-state index is 10.6. The molecular formula is C18H32O17. The molecular weight excluding hydrogens is 488 g/mol. The van der Waals surface area contributed by atoms with E-state index in [9.17, 15) is 61.3 Å². The van der Waals surface area contributed by atoms with Gasteiger partial charge >= 0.3 is 5.97 Å². The van der Waals surface area contributed by atoms with Crippen molar-refractivity contribution in [1.82, 2.24) is 0 Å². The first-order valence-corrected chi connectivity index (χ1v) is 10.7. The Bertz CT molecular complexity index is 696. The molecule has 0 aromatic heterocycles. The van der Waals surface area contributed by atoms with E-state index in [0.717, 1.165) is 0 Å². The van der Waals surface area contributed by atoms with Gasteiger partial charge in [0, 0.05) is 0 Å². The molecule has 3 fully saturated rings. The summed E-state index contributed by atoms with van der Waals surface area (Å²) in [5, 5.41) is 120. The smallest absolute Gasteiger partial charge is 0.311 e. The highest BCUT2D eigenvalue weighted by atomic mass is 16.9. The van der Waals surface area contributed by atoms with Gasteiger partial charge in [-0.05, 0) is 0 Å². The molecule has 3 aliphatic rings. The molecule has 0 amide bonds. The van der Waals surface area contributed by atoms with Crippen molar-refractivity contribution >= 4 is 0 Å². The molecule has 0 bridgehead atoms. The van der Waals surface area contributed by atoms with E-state index in [-0.39, 0.29) is 0 Å². The SMILES string of the molecule is OC[C@H]1O[C@](O)(O[C@H]2[C@H](O)[C@@H](O)[C@@H](OC3(CO)O[C@H](CO)[C@@H](O)[C@@H]3O)O[C@@H]2CO)[C@H](O)[C@@H](O)[C@H]1O. The Balaban J connectivity index is 1.79. The summed E-state index contributed by atoms with van der Waals surface area (Å²) < 4.78 is 26.0. The minimum atomic E-state index is -3.16. The first-order chi connectivity index (χ1) is 16.4. The van der Waals surface area contributed by atoms with Crippen LogP contribution in [0.2, 0.25) is 0 Å². The Labute approximate surface area is 197 Å². The average Bonchev–Trinajstić information content (AvgIpc) is 3.09. The second-order valence-electron chi connectivity index (χ2n) is 8.55. The van der Waals surface area contributed by atoms with Gasteiger partial charge in [0.2, 0.25) is 5.79 Å². The summed E-state index contributed by atoms with van der Waals surface area (Å²) in [5.74, 6) is -5.57. The summed E-state index contributed by atoms with van der Waals surface area (Å²) in [6, 6.07) is 0. The fraction of sp³-hybridized carbons (Fsp3) is 1.00. The molecule has 0 aromatic carbocycles. The van der Waals surface area contributed by atoms with Crippen molar-refractivity contribution < 1.29 is 85.0 Å². The zero-order chi connectivity index (χ0) is 26.3. The van der Waals surface area contributed by atoms with Gasteiger partial charge in [-0.25, -0.2) is 0 Å². The molecule has 17 heteroatoms. The standard InChI is InChI=1S/C18H32O17/c19-1-5-8(23)11(26)15(29)18(30,33-5)34-13-7(3-21)31-16(12(27)10(13)25)35-17(4-22)14(28)9(24)6(2-20)32-17/h5-16,19-30H,1-4H2/t5-,6-,7-,8+,9-,10-,11+,12-,13-,14+,15-,16-,17?,18+/m1/s1. The van der Waals surface area contributed by atoms with Crippen molar-refractivity contribution in [2.45, 2.75) is 85.2 Å². The number of aliphatic hydroxyl groups excluding tert-OH is 11. The number of hydrogen-bond acceptors (Lipinski definition) is 17. The lowest BCUT2D eigenvalue weighted by Gasteiger charge is -2.49. The second kappa shape index (κ2) is 11.0. The maximum Gasteiger partial charge on any atom is 0.311 e. The molecule has 35 heavy (non-hydrogen) atoms. The summed E-state index contributed by atoms with van der Waals surface area (Å²) in [5.41, 5.74) is 0. The molecule has 0 aromatic rings. The Hall–Kier alpha value is -0.680. The van der Waals surface area contributed by atoms with Crippen LogP contribution in [0.1, 0.15) is 0 Å². The minimum Gasteiger partial charge on any atom is -0.394 e. The van der Waals surface area contributed by atoms with E-state index in [4.69, 9.17) is 23.7 Å². The molecule has 3 saturated heterocycles. The summed E-state index contributed by atoms with van der Waals surface area (Å²) in [7, 11) is 0. The molecule has 3 heterocycles. The second-order valence-corrected chi connectivity index (χ2v) is 8.55. The van der Waals surface area contributed by atoms with Gasteiger partial charge in [0.1, 0.15) is 67.6 Å². The van der Waals surface area contributed by atoms with Crippen LogP contribution in [0.25, 0.3) is 0 Å². The third-order valence-corrected chi connectivity index (χ3v) is 6.28. The molecule has 3 aliphatic heterocycles. The number of hydrogen-bond donors (Lipinski definition) is 12. The van der Waals surface area contributed by atoms with Crippen LogP contribution in [0.5, 0.6) is 0 Å². The lowest BCUT2D eigenvalue weighted by atomic mass is 9.95. The number of ether oxygens (including phenoxy) is 5. The molecule has 206 valence electrons. The predicted molar refractivity (Wildman–Crippen MR) is 102 cm³/mol. The van der Waals surface area contributed by atoms with Crippen LogP contribution < -0.4 is 0 Å². The lowest BCUT2D eigenvalue weighted by molar-refractivity contribution is -0.477. The fourth-order valence-electron chi connectivity index (χ4n) is 4.18. The van der Waals surface area contributed by atoms with Crippen LogP contribution in [-0.4, -0.2) is 173 Å². The molecule has 0 saturated carbocycles.